The van der Waals surface area contributed by atoms with E-state index in [0.717, 1.165) is 24.2 Å². The molecule has 0 aliphatic heterocycles. The molecule has 20 heavy (non-hydrogen) atoms. The van der Waals surface area contributed by atoms with Gasteiger partial charge in [-0.2, -0.15) is 0 Å². The lowest BCUT2D eigenvalue weighted by Crippen LogP contribution is -2.11. The fourth-order valence-corrected chi connectivity index (χ4v) is 2.25. The highest BCUT2D eigenvalue weighted by Gasteiger charge is 2.15. The van der Waals surface area contributed by atoms with E-state index >= 15 is 0 Å². The summed E-state index contributed by atoms with van der Waals surface area (Å²) in [6.45, 7) is 8.65. The van der Waals surface area contributed by atoms with Gasteiger partial charge in [0, 0.05) is 0 Å². The molecule has 0 radical (unpaired) electrons. The zero-order chi connectivity index (χ0) is 14.8. The van der Waals surface area contributed by atoms with Gasteiger partial charge in [0.05, 0.1) is 18.0 Å². The minimum Gasteiger partial charge on any atom is -0.390 e. The predicted octanol–water partition coefficient (Wildman–Crippen LogP) is 3.01. The molecule has 0 saturated heterocycles. The molecule has 2 aromatic rings. The number of benzene rings is 1. The van der Waals surface area contributed by atoms with Crippen LogP contribution in [-0.2, 0) is 18.4 Å². The summed E-state index contributed by atoms with van der Waals surface area (Å²) in [4.78, 5) is 0. The fourth-order valence-electron chi connectivity index (χ4n) is 2.25. The zero-order valence-corrected chi connectivity index (χ0v) is 12.7. The molecular formula is C16H23N3O. The molecule has 108 valence electrons. The van der Waals surface area contributed by atoms with Gasteiger partial charge in [0.2, 0.25) is 0 Å². The van der Waals surface area contributed by atoms with Gasteiger partial charge in [-0.05, 0) is 29.5 Å². The number of aromatic nitrogens is 3. The highest BCUT2D eigenvalue weighted by atomic mass is 16.3. The van der Waals surface area contributed by atoms with Crippen molar-refractivity contribution in [1.29, 1.82) is 0 Å². The summed E-state index contributed by atoms with van der Waals surface area (Å²) >= 11 is 0. The van der Waals surface area contributed by atoms with Crippen molar-refractivity contribution >= 4 is 0 Å². The molecule has 0 bridgehead atoms. The smallest absolute Gasteiger partial charge is 0.112 e. The summed E-state index contributed by atoms with van der Waals surface area (Å²) in [5, 5.41) is 17.6. The van der Waals surface area contributed by atoms with Crippen molar-refractivity contribution in [2.75, 3.05) is 0 Å². The second kappa shape index (κ2) is 5.75. The molecule has 1 heterocycles. The Morgan fingerprint density at radius 1 is 1.15 bits per heavy atom. The van der Waals surface area contributed by atoms with E-state index in [-0.39, 0.29) is 12.0 Å². The van der Waals surface area contributed by atoms with Crippen molar-refractivity contribution < 1.29 is 5.11 Å². The third-order valence-corrected chi connectivity index (χ3v) is 3.46. The zero-order valence-electron chi connectivity index (χ0n) is 12.7. The van der Waals surface area contributed by atoms with Crippen LogP contribution in [0.2, 0.25) is 0 Å². The van der Waals surface area contributed by atoms with Gasteiger partial charge in [0.15, 0.2) is 0 Å². The summed E-state index contributed by atoms with van der Waals surface area (Å²) < 4.78 is 1.83. The Morgan fingerprint density at radius 3 is 2.30 bits per heavy atom. The monoisotopic (exact) mass is 273 g/mol. The van der Waals surface area contributed by atoms with Crippen molar-refractivity contribution in [2.24, 2.45) is 0 Å². The molecule has 0 aliphatic carbocycles. The number of nitrogens with zero attached hydrogens (tertiary/aromatic N) is 3. The van der Waals surface area contributed by atoms with E-state index in [4.69, 9.17) is 0 Å². The maximum Gasteiger partial charge on any atom is 0.112 e. The van der Waals surface area contributed by atoms with Crippen molar-refractivity contribution in [3.05, 3.63) is 41.2 Å². The van der Waals surface area contributed by atoms with Gasteiger partial charge in [-0.1, -0.05) is 51.5 Å². The van der Waals surface area contributed by atoms with Crippen molar-refractivity contribution in [3.8, 4) is 5.69 Å². The molecule has 0 unspecified atom stereocenters. The van der Waals surface area contributed by atoms with Crippen LogP contribution < -0.4 is 0 Å². The maximum absolute atomic E-state index is 9.34. The normalized spacial score (nSPS) is 11.8. The van der Waals surface area contributed by atoms with Crippen molar-refractivity contribution in [3.63, 3.8) is 0 Å². The van der Waals surface area contributed by atoms with E-state index in [1.54, 1.807) is 0 Å². The van der Waals surface area contributed by atoms with Gasteiger partial charge in [-0.3, -0.25) is 0 Å². The van der Waals surface area contributed by atoms with Gasteiger partial charge < -0.3 is 5.11 Å². The Balaban J connectivity index is 2.39. The maximum atomic E-state index is 9.34. The van der Waals surface area contributed by atoms with Gasteiger partial charge in [0.1, 0.15) is 5.69 Å². The summed E-state index contributed by atoms with van der Waals surface area (Å²) in [5.74, 6) is 0. The Labute approximate surface area is 120 Å². The number of hydrogen-bond donors (Lipinski definition) is 1. The average Bonchev–Trinajstić information content (AvgIpc) is 2.81. The minimum absolute atomic E-state index is 0.0601. The lowest BCUT2D eigenvalue weighted by molar-refractivity contribution is 0.275. The minimum atomic E-state index is -0.0601. The Morgan fingerprint density at radius 2 is 1.80 bits per heavy atom. The Hall–Kier alpha value is -1.68. The quantitative estimate of drug-likeness (QED) is 0.931. The van der Waals surface area contributed by atoms with Crippen LogP contribution in [0.4, 0.5) is 0 Å². The summed E-state index contributed by atoms with van der Waals surface area (Å²) in [7, 11) is 0. The fraction of sp³-hybridized carbons (Fsp3) is 0.500. The molecule has 0 saturated carbocycles. The van der Waals surface area contributed by atoms with E-state index in [1.807, 2.05) is 4.68 Å². The molecule has 0 atom stereocenters. The molecule has 0 amide bonds. The topological polar surface area (TPSA) is 50.9 Å². The van der Waals surface area contributed by atoms with Crippen LogP contribution >= 0.6 is 0 Å². The van der Waals surface area contributed by atoms with Crippen molar-refractivity contribution in [2.45, 2.75) is 52.6 Å². The average molecular weight is 273 g/mol. The summed E-state index contributed by atoms with van der Waals surface area (Å²) in [5.41, 5.74) is 4.10. The second-order valence-corrected chi connectivity index (χ2v) is 6.10. The van der Waals surface area contributed by atoms with Crippen LogP contribution in [0.3, 0.4) is 0 Å². The molecule has 0 fully saturated rings. The van der Waals surface area contributed by atoms with Gasteiger partial charge in [-0.25, -0.2) is 4.68 Å². The Bertz CT molecular complexity index is 564. The molecule has 0 aliphatic rings. The molecule has 2 rings (SSSR count). The van der Waals surface area contributed by atoms with Crippen LogP contribution in [0.25, 0.3) is 5.69 Å². The van der Waals surface area contributed by atoms with Crippen LogP contribution in [0.15, 0.2) is 24.3 Å². The van der Waals surface area contributed by atoms with E-state index in [1.165, 1.54) is 5.56 Å². The third-order valence-electron chi connectivity index (χ3n) is 3.46. The van der Waals surface area contributed by atoms with E-state index < -0.39 is 0 Å². The molecular weight excluding hydrogens is 250 g/mol. The lowest BCUT2D eigenvalue weighted by Gasteiger charge is -2.19. The van der Waals surface area contributed by atoms with Crippen LogP contribution in [0, 0.1) is 0 Å². The van der Waals surface area contributed by atoms with E-state index in [0.29, 0.717) is 5.69 Å². The highest BCUT2D eigenvalue weighted by Crippen LogP contribution is 2.23. The number of aliphatic hydroxyl groups excluding tert-OH is 1. The van der Waals surface area contributed by atoms with Crippen LogP contribution in [-0.4, -0.2) is 20.1 Å². The first-order valence-electron chi connectivity index (χ1n) is 7.12. The lowest BCUT2D eigenvalue weighted by atomic mass is 9.87. The molecule has 1 N–H and O–H groups in total. The van der Waals surface area contributed by atoms with Crippen molar-refractivity contribution in [1.82, 2.24) is 15.0 Å². The van der Waals surface area contributed by atoms with Gasteiger partial charge in [0.25, 0.3) is 0 Å². The first-order chi connectivity index (χ1) is 9.47. The molecule has 4 heteroatoms. The molecule has 1 aromatic carbocycles. The summed E-state index contributed by atoms with van der Waals surface area (Å²) in [6, 6.07) is 8.39. The predicted molar refractivity (Wildman–Crippen MR) is 80.0 cm³/mol. The number of aliphatic hydroxyl groups is 1. The first-order valence-corrected chi connectivity index (χ1v) is 7.12. The molecule has 0 spiro atoms. The largest absolute Gasteiger partial charge is 0.390 e. The number of rotatable bonds is 4. The van der Waals surface area contributed by atoms with Gasteiger partial charge in [-0.15, -0.1) is 5.10 Å². The third kappa shape index (κ3) is 2.90. The number of hydrogen-bond acceptors (Lipinski definition) is 3. The SMILES string of the molecule is CCCc1c(CO)nnn1-c1ccc(C(C)(C)C)cc1. The second-order valence-electron chi connectivity index (χ2n) is 6.10. The highest BCUT2D eigenvalue weighted by molar-refractivity contribution is 5.38. The van der Waals surface area contributed by atoms with Crippen LogP contribution in [0.5, 0.6) is 0 Å². The molecule has 1 aromatic heterocycles. The Kier molecular flexibility index (Phi) is 4.23. The standard InChI is InChI=1S/C16H23N3O/c1-5-6-15-14(11-20)17-18-19(15)13-9-7-12(8-10-13)16(2,3)4/h7-10,20H,5-6,11H2,1-4H3. The van der Waals surface area contributed by atoms with E-state index in [9.17, 15) is 5.11 Å². The summed E-state index contributed by atoms with van der Waals surface area (Å²) in [6.07, 6.45) is 1.87. The molecule has 4 nitrogen and oxygen atoms in total. The van der Waals surface area contributed by atoms with Gasteiger partial charge >= 0.3 is 0 Å². The van der Waals surface area contributed by atoms with E-state index in [2.05, 4.69) is 62.3 Å². The van der Waals surface area contributed by atoms with Crippen LogP contribution in [0.1, 0.15) is 51.1 Å². The first kappa shape index (κ1) is 14.7.